The number of halogens is 1. The predicted octanol–water partition coefficient (Wildman–Crippen LogP) is 2.85. The molecule has 2 aliphatic rings. The zero-order valence-corrected chi connectivity index (χ0v) is 13.1. The summed E-state index contributed by atoms with van der Waals surface area (Å²) in [6, 6.07) is 8.30. The minimum atomic E-state index is -3.04. The van der Waals surface area contributed by atoms with E-state index in [-0.39, 0.29) is 10.7 Å². The SMILES string of the molecule is O=S(=O)(NCC1(Cc2ccc(Br)cc2)CC1)C1CC1. The first-order valence-corrected chi connectivity index (χ1v) is 9.06. The number of sulfonamides is 1. The molecule has 2 aliphatic carbocycles. The zero-order chi connectivity index (χ0) is 13.5. The van der Waals surface area contributed by atoms with Gasteiger partial charge in [0.05, 0.1) is 5.25 Å². The van der Waals surface area contributed by atoms with Crippen molar-refractivity contribution in [3.63, 3.8) is 0 Å². The molecule has 104 valence electrons. The molecule has 0 unspecified atom stereocenters. The van der Waals surface area contributed by atoms with Gasteiger partial charge in [-0.3, -0.25) is 0 Å². The van der Waals surface area contributed by atoms with Gasteiger partial charge in [-0.25, -0.2) is 13.1 Å². The van der Waals surface area contributed by atoms with Crippen molar-refractivity contribution in [3.8, 4) is 0 Å². The molecule has 3 rings (SSSR count). The third kappa shape index (κ3) is 3.38. The van der Waals surface area contributed by atoms with Crippen molar-refractivity contribution in [1.29, 1.82) is 0 Å². The van der Waals surface area contributed by atoms with Crippen LogP contribution >= 0.6 is 15.9 Å². The van der Waals surface area contributed by atoms with Crippen LogP contribution in [0.5, 0.6) is 0 Å². The largest absolute Gasteiger partial charge is 0.214 e. The smallest absolute Gasteiger partial charge is 0.214 e. The second-order valence-corrected chi connectivity index (χ2v) is 8.83. The van der Waals surface area contributed by atoms with E-state index in [1.807, 2.05) is 12.1 Å². The summed E-state index contributed by atoms with van der Waals surface area (Å²) in [4.78, 5) is 0. The topological polar surface area (TPSA) is 46.2 Å². The molecule has 0 spiro atoms. The summed E-state index contributed by atoms with van der Waals surface area (Å²) in [5.41, 5.74) is 1.45. The van der Waals surface area contributed by atoms with Crippen molar-refractivity contribution in [2.45, 2.75) is 37.4 Å². The van der Waals surface area contributed by atoms with Crippen LogP contribution in [0.15, 0.2) is 28.7 Å². The number of hydrogen-bond donors (Lipinski definition) is 1. The fourth-order valence-corrected chi connectivity index (χ4v) is 4.14. The molecule has 0 aromatic heterocycles. The van der Waals surface area contributed by atoms with Gasteiger partial charge < -0.3 is 0 Å². The normalized spacial score (nSPS) is 21.3. The first kappa shape index (κ1) is 13.6. The molecular weight excluding hydrogens is 326 g/mol. The number of nitrogens with one attached hydrogen (secondary N) is 1. The van der Waals surface area contributed by atoms with E-state index in [4.69, 9.17) is 0 Å². The highest BCUT2D eigenvalue weighted by atomic mass is 79.9. The van der Waals surface area contributed by atoms with Gasteiger partial charge in [0.2, 0.25) is 10.0 Å². The van der Waals surface area contributed by atoms with Gasteiger partial charge in [-0.05, 0) is 55.2 Å². The van der Waals surface area contributed by atoms with Crippen LogP contribution in [0.2, 0.25) is 0 Å². The molecule has 0 atom stereocenters. The van der Waals surface area contributed by atoms with E-state index >= 15 is 0 Å². The number of hydrogen-bond acceptors (Lipinski definition) is 2. The van der Waals surface area contributed by atoms with E-state index in [2.05, 4.69) is 32.8 Å². The molecule has 1 aromatic carbocycles. The van der Waals surface area contributed by atoms with Gasteiger partial charge in [0.15, 0.2) is 0 Å². The summed E-state index contributed by atoms with van der Waals surface area (Å²) in [5.74, 6) is 0. The van der Waals surface area contributed by atoms with E-state index in [0.717, 1.165) is 36.6 Å². The Labute approximate surface area is 123 Å². The van der Waals surface area contributed by atoms with Crippen molar-refractivity contribution in [1.82, 2.24) is 4.72 Å². The van der Waals surface area contributed by atoms with E-state index in [0.29, 0.717) is 6.54 Å². The van der Waals surface area contributed by atoms with Gasteiger partial charge in [0, 0.05) is 11.0 Å². The Morgan fingerprint density at radius 2 is 1.84 bits per heavy atom. The van der Waals surface area contributed by atoms with Crippen molar-refractivity contribution < 1.29 is 8.42 Å². The van der Waals surface area contributed by atoms with Gasteiger partial charge in [-0.15, -0.1) is 0 Å². The lowest BCUT2D eigenvalue weighted by Crippen LogP contribution is -2.33. The highest BCUT2D eigenvalue weighted by molar-refractivity contribution is 9.10. The molecule has 5 heteroatoms. The second-order valence-electron chi connectivity index (χ2n) is 5.87. The number of benzene rings is 1. The Hall–Kier alpha value is -0.390. The number of rotatable bonds is 6. The molecule has 0 bridgehead atoms. The van der Waals surface area contributed by atoms with Crippen LogP contribution in [-0.4, -0.2) is 20.2 Å². The Morgan fingerprint density at radius 1 is 1.21 bits per heavy atom. The molecule has 0 aliphatic heterocycles. The third-order valence-electron chi connectivity index (χ3n) is 4.06. The summed E-state index contributed by atoms with van der Waals surface area (Å²) >= 11 is 3.43. The molecule has 19 heavy (non-hydrogen) atoms. The maximum Gasteiger partial charge on any atom is 0.214 e. The summed E-state index contributed by atoms with van der Waals surface area (Å²) in [5, 5.41) is -0.115. The Morgan fingerprint density at radius 3 is 2.37 bits per heavy atom. The Bertz CT molecular complexity index is 560. The van der Waals surface area contributed by atoms with Crippen LogP contribution in [0.4, 0.5) is 0 Å². The second kappa shape index (κ2) is 4.86. The maximum atomic E-state index is 11.8. The lowest BCUT2D eigenvalue weighted by molar-refractivity contribution is 0.487. The molecule has 1 N–H and O–H groups in total. The molecule has 3 nitrogen and oxygen atoms in total. The first-order valence-electron chi connectivity index (χ1n) is 6.72. The van der Waals surface area contributed by atoms with Crippen molar-refractivity contribution in [2.75, 3.05) is 6.54 Å². The van der Waals surface area contributed by atoms with Crippen LogP contribution in [0, 0.1) is 5.41 Å². The first-order chi connectivity index (χ1) is 8.99. The molecule has 0 radical (unpaired) electrons. The summed E-state index contributed by atoms with van der Waals surface area (Å²) in [7, 11) is -3.04. The Balaban J connectivity index is 1.59. The minimum absolute atomic E-state index is 0.115. The lowest BCUT2D eigenvalue weighted by Gasteiger charge is -2.16. The highest BCUT2D eigenvalue weighted by Crippen LogP contribution is 2.48. The average Bonchev–Trinajstić information content (AvgIpc) is 3.25. The quantitative estimate of drug-likeness (QED) is 0.863. The van der Waals surface area contributed by atoms with Crippen molar-refractivity contribution >= 4 is 26.0 Å². The average molecular weight is 344 g/mol. The maximum absolute atomic E-state index is 11.8. The van der Waals surface area contributed by atoms with Crippen molar-refractivity contribution in [2.24, 2.45) is 5.41 Å². The molecule has 1 aromatic rings. The summed E-state index contributed by atoms with van der Waals surface area (Å²) in [6.07, 6.45) is 4.87. The van der Waals surface area contributed by atoms with E-state index in [1.165, 1.54) is 5.56 Å². The monoisotopic (exact) mass is 343 g/mol. The third-order valence-corrected chi connectivity index (χ3v) is 6.49. The van der Waals surface area contributed by atoms with Crippen LogP contribution in [0.3, 0.4) is 0 Å². The van der Waals surface area contributed by atoms with E-state index < -0.39 is 10.0 Å². The fourth-order valence-electron chi connectivity index (χ4n) is 2.38. The predicted molar refractivity (Wildman–Crippen MR) is 79.5 cm³/mol. The zero-order valence-electron chi connectivity index (χ0n) is 10.7. The van der Waals surface area contributed by atoms with Gasteiger partial charge in [0.1, 0.15) is 0 Å². The molecule has 2 fully saturated rings. The van der Waals surface area contributed by atoms with Gasteiger partial charge in [0.25, 0.3) is 0 Å². The minimum Gasteiger partial charge on any atom is -0.214 e. The van der Waals surface area contributed by atoms with Crippen LogP contribution in [-0.2, 0) is 16.4 Å². The molecule has 2 saturated carbocycles. The van der Waals surface area contributed by atoms with E-state index in [9.17, 15) is 8.42 Å². The van der Waals surface area contributed by atoms with E-state index in [1.54, 1.807) is 0 Å². The summed E-state index contributed by atoms with van der Waals surface area (Å²) < 4.78 is 27.6. The van der Waals surface area contributed by atoms with Crippen molar-refractivity contribution in [3.05, 3.63) is 34.3 Å². The fraction of sp³-hybridized carbons (Fsp3) is 0.571. The highest BCUT2D eigenvalue weighted by Gasteiger charge is 2.44. The Kier molecular flexibility index (Phi) is 3.48. The van der Waals surface area contributed by atoms with Gasteiger partial charge in [-0.1, -0.05) is 28.1 Å². The van der Waals surface area contributed by atoms with Gasteiger partial charge >= 0.3 is 0 Å². The van der Waals surface area contributed by atoms with Gasteiger partial charge in [-0.2, -0.15) is 0 Å². The molecular formula is C14H18BrNO2S. The molecule has 0 saturated heterocycles. The summed E-state index contributed by atoms with van der Waals surface area (Å²) in [6.45, 7) is 0.599. The molecule has 0 amide bonds. The molecule has 0 heterocycles. The lowest BCUT2D eigenvalue weighted by atomic mass is 9.97. The van der Waals surface area contributed by atoms with Crippen LogP contribution in [0.1, 0.15) is 31.2 Å². The van der Waals surface area contributed by atoms with Crippen LogP contribution in [0.25, 0.3) is 0 Å². The standard InChI is InChI=1S/C14H18BrNO2S/c15-12-3-1-11(2-4-12)9-14(7-8-14)10-16-19(17,18)13-5-6-13/h1-4,13,16H,5-10H2. The van der Waals surface area contributed by atoms with Crippen LogP contribution < -0.4 is 4.72 Å².